The van der Waals surface area contributed by atoms with Gasteiger partial charge in [0.1, 0.15) is 5.57 Å². The van der Waals surface area contributed by atoms with Crippen LogP contribution in [-0.2, 0) is 9.59 Å². The van der Waals surface area contributed by atoms with Gasteiger partial charge in [-0.1, -0.05) is 27.5 Å². The number of carbonyl (C=O) groups excluding carboxylic acids is 3. The summed E-state index contributed by atoms with van der Waals surface area (Å²) >= 11 is 9.66. The van der Waals surface area contributed by atoms with E-state index < -0.39 is 17.8 Å². The van der Waals surface area contributed by atoms with Crippen LogP contribution in [0, 0.1) is 6.92 Å². The Morgan fingerprint density at radius 1 is 1.20 bits per heavy atom. The molecule has 156 valence electrons. The van der Waals surface area contributed by atoms with Crippen molar-refractivity contribution in [2.45, 2.75) is 13.8 Å². The monoisotopic (exact) mass is 492 g/mol. The second kappa shape index (κ2) is 8.89. The van der Waals surface area contributed by atoms with Crippen LogP contribution in [0.5, 0.6) is 11.5 Å². The van der Waals surface area contributed by atoms with E-state index in [2.05, 4.69) is 21.2 Å². The van der Waals surface area contributed by atoms with Gasteiger partial charge in [0, 0.05) is 4.47 Å². The molecule has 2 aromatic rings. The molecule has 0 radical (unpaired) electrons. The zero-order valence-electron chi connectivity index (χ0n) is 16.4. The molecule has 0 unspecified atom stereocenters. The van der Waals surface area contributed by atoms with Crippen LogP contribution >= 0.6 is 27.5 Å². The standard InChI is InChI=1S/C21H18BrClN2O5/c1-4-30-18-16(23)9-12(10-17(18)29-3)8-14-19(26)24-21(28)25(20(14)27)13-5-6-15(22)11(2)7-13/h5-10H,4H2,1-3H3,(H,24,26,28)/b14-8+. The van der Waals surface area contributed by atoms with E-state index in [1.54, 1.807) is 30.3 Å². The smallest absolute Gasteiger partial charge is 0.335 e. The molecular weight excluding hydrogens is 476 g/mol. The van der Waals surface area contributed by atoms with Gasteiger partial charge in [0.05, 0.1) is 24.4 Å². The zero-order valence-corrected chi connectivity index (χ0v) is 18.8. The van der Waals surface area contributed by atoms with Crippen molar-refractivity contribution in [3.8, 4) is 11.5 Å². The van der Waals surface area contributed by atoms with Crippen molar-refractivity contribution in [1.29, 1.82) is 0 Å². The average Bonchev–Trinajstić information content (AvgIpc) is 2.69. The number of methoxy groups -OCH3 is 1. The second-order valence-electron chi connectivity index (χ2n) is 6.36. The van der Waals surface area contributed by atoms with Crippen molar-refractivity contribution in [3.05, 3.63) is 56.5 Å². The number of rotatable bonds is 5. The van der Waals surface area contributed by atoms with Gasteiger partial charge in [-0.05, 0) is 61.4 Å². The van der Waals surface area contributed by atoms with Gasteiger partial charge in [-0.25, -0.2) is 9.69 Å². The molecule has 7 nitrogen and oxygen atoms in total. The fourth-order valence-corrected chi connectivity index (χ4v) is 3.45. The van der Waals surface area contributed by atoms with Crippen LogP contribution in [0.3, 0.4) is 0 Å². The number of carbonyl (C=O) groups is 3. The molecule has 0 saturated carbocycles. The number of halogens is 2. The Bertz CT molecular complexity index is 1080. The van der Waals surface area contributed by atoms with E-state index in [1.807, 2.05) is 13.8 Å². The van der Waals surface area contributed by atoms with E-state index in [0.717, 1.165) is 14.9 Å². The molecule has 1 heterocycles. The summed E-state index contributed by atoms with van der Waals surface area (Å²) in [5.74, 6) is -0.810. The van der Waals surface area contributed by atoms with Gasteiger partial charge in [-0.15, -0.1) is 0 Å². The molecule has 9 heteroatoms. The van der Waals surface area contributed by atoms with E-state index in [0.29, 0.717) is 29.4 Å². The zero-order chi connectivity index (χ0) is 22.0. The Morgan fingerprint density at radius 2 is 1.93 bits per heavy atom. The third-order valence-corrected chi connectivity index (χ3v) is 5.52. The second-order valence-corrected chi connectivity index (χ2v) is 7.62. The van der Waals surface area contributed by atoms with Gasteiger partial charge < -0.3 is 9.47 Å². The molecule has 3 rings (SSSR count). The number of amides is 4. The van der Waals surface area contributed by atoms with Crippen molar-refractivity contribution in [1.82, 2.24) is 5.32 Å². The summed E-state index contributed by atoms with van der Waals surface area (Å²) in [4.78, 5) is 38.7. The Labute approximate surface area is 186 Å². The number of aryl methyl sites for hydroxylation is 1. The predicted octanol–water partition coefficient (Wildman–Crippen LogP) is 4.48. The number of nitrogens with one attached hydrogen (secondary N) is 1. The summed E-state index contributed by atoms with van der Waals surface area (Å²) in [6, 6.07) is 7.33. The highest BCUT2D eigenvalue weighted by atomic mass is 79.9. The van der Waals surface area contributed by atoms with Crippen LogP contribution in [0.2, 0.25) is 5.02 Å². The van der Waals surface area contributed by atoms with E-state index in [4.69, 9.17) is 21.1 Å². The Hall–Kier alpha value is -2.84. The lowest BCUT2D eigenvalue weighted by atomic mass is 10.1. The fourth-order valence-electron chi connectivity index (χ4n) is 2.93. The third-order valence-electron chi connectivity index (χ3n) is 4.35. The van der Waals surface area contributed by atoms with E-state index >= 15 is 0 Å². The molecule has 0 aliphatic carbocycles. The van der Waals surface area contributed by atoms with Gasteiger partial charge in [-0.2, -0.15) is 0 Å². The molecule has 0 atom stereocenters. The number of hydrogen-bond donors (Lipinski definition) is 1. The summed E-state index contributed by atoms with van der Waals surface area (Å²) in [5, 5.41) is 2.46. The van der Waals surface area contributed by atoms with Gasteiger partial charge in [0.15, 0.2) is 11.5 Å². The van der Waals surface area contributed by atoms with E-state index in [1.165, 1.54) is 13.2 Å². The molecule has 1 aliphatic rings. The van der Waals surface area contributed by atoms with Gasteiger partial charge >= 0.3 is 6.03 Å². The van der Waals surface area contributed by atoms with Crippen LogP contribution in [0.4, 0.5) is 10.5 Å². The molecule has 0 spiro atoms. The Morgan fingerprint density at radius 3 is 2.57 bits per heavy atom. The molecule has 1 N–H and O–H groups in total. The minimum absolute atomic E-state index is 0.211. The highest BCUT2D eigenvalue weighted by Crippen LogP contribution is 2.37. The molecule has 2 aromatic carbocycles. The Kier molecular flexibility index (Phi) is 6.48. The van der Waals surface area contributed by atoms with Crippen molar-refractivity contribution in [2.24, 2.45) is 0 Å². The van der Waals surface area contributed by atoms with Crippen molar-refractivity contribution in [3.63, 3.8) is 0 Å². The first-order valence-corrected chi connectivity index (χ1v) is 10.1. The number of benzene rings is 2. The number of nitrogens with zero attached hydrogens (tertiary/aromatic N) is 1. The van der Waals surface area contributed by atoms with Crippen LogP contribution in [0.1, 0.15) is 18.1 Å². The highest BCUT2D eigenvalue weighted by Gasteiger charge is 2.37. The SMILES string of the molecule is CCOc1c(Cl)cc(/C=C2\C(=O)NC(=O)N(c3ccc(Br)c(C)c3)C2=O)cc1OC. The minimum atomic E-state index is -0.814. The number of ether oxygens (including phenoxy) is 2. The lowest BCUT2D eigenvalue weighted by Crippen LogP contribution is -2.54. The van der Waals surface area contributed by atoms with Gasteiger partial charge in [-0.3, -0.25) is 14.9 Å². The largest absolute Gasteiger partial charge is 0.493 e. The normalized spacial score (nSPS) is 15.4. The number of imide groups is 2. The van der Waals surface area contributed by atoms with Crippen molar-refractivity contribution >= 4 is 57.1 Å². The number of anilines is 1. The molecule has 0 bridgehead atoms. The molecular formula is C21H18BrClN2O5. The molecule has 4 amide bonds. The number of urea groups is 1. The minimum Gasteiger partial charge on any atom is -0.493 e. The fraction of sp³-hybridized carbons (Fsp3) is 0.190. The highest BCUT2D eigenvalue weighted by molar-refractivity contribution is 9.10. The Balaban J connectivity index is 2.04. The first-order chi connectivity index (χ1) is 14.3. The van der Waals surface area contributed by atoms with Gasteiger partial charge in [0.2, 0.25) is 0 Å². The molecule has 1 fully saturated rings. The average molecular weight is 494 g/mol. The summed E-state index contributed by atoms with van der Waals surface area (Å²) in [7, 11) is 1.46. The van der Waals surface area contributed by atoms with E-state index in [9.17, 15) is 14.4 Å². The maximum Gasteiger partial charge on any atom is 0.335 e. The predicted molar refractivity (Wildman–Crippen MR) is 117 cm³/mol. The lowest BCUT2D eigenvalue weighted by Gasteiger charge is -2.26. The number of hydrogen-bond acceptors (Lipinski definition) is 5. The summed E-state index contributed by atoms with van der Waals surface area (Å²) in [6.45, 7) is 4.03. The lowest BCUT2D eigenvalue weighted by molar-refractivity contribution is -0.122. The first kappa shape index (κ1) is 21.9. The summed E-state index contributed by atoms with van der Waals surface area (Å²) in [6.07, 6.45) is 1.35. The molecule has 0 aromatic heterocycles. The van der Waals surface area contributed by atoms with Crippen LogP contribution in [0.15, 0.2) is 40.4 Å². The number of barbiturate groups is 1. The van der Waals surface area contributed by atoms with Crippen LogP contribution in [0.25, 0.3) is 6.08 Å². The van der Waals surface area contributed by atoms with Crippen molar-refractivity contribution in [2.75, 3.05) is 18.6 Å². The summed E-state index contributed by atoms with van der Waals surface area (Å²) < 4.78 is 11.6. The maximum atomic E-state index is 13.0. The van der Waals surface area contributed by atoms with E-state index in [-0.39, 0.29) is 10.6 Å². The maximum absolute atomic E-state index is 13.0. The topological polar surface area (TPSA) is 84.9 Å². The van der Waals surface area contributed by atoms with Crippen LogP contribution < -0.4 is 19.7 Å². The molecule has 1 aliphatic heterocycles. The quantitative estimate of drug-likeness (QED) is 0.490. The first-order valence-electron chi connectivity index (χ1n) is 8.94. The summed E-state index contributed by atoms with van der Waals surface area (Å²) in [5.41, 5.74) is 1.41. The molecule has 1 saturated heterocycles. The van der Waals surface area contributed by atoms with Gasteiger partial charge in [0.25, 0.3) is 11.8 Å². The third kappa shape index (κ3) is 4.20. The molecule has 30 heavy (non-hydrogen) atoms. The van der Waals surface area contributed by atoms with Crippen LogP contribution in [-0.4, -0.2) is 31.6 Å². The van der Waals surface area contributed by atoms with Crippen molar-refractivity contribution < 1.29 is 23.9 Å².